The molecule has 0 atom stereocenters. The van der Waals surface area contributed by atoms with Crippen molar-refractivity contribution in [1.29, 1.82) is 0 Å². The molecular formula is C45H33N. The summed E-state index contributed by atoms with van der Waals surface area (Å²) in [5, 5.41) is 7.74. The molecule has 0 N–H and O–H groups in total. The first-order chi connectivity index (χ1) is 22.6. The third kappa shape index (κ3) is 4.02. The second-order valence-corrected chi connectivity index (χ2v) is 13.0. The summed E-state index contributed by atoms with van der Waals surface area (Å²) >= 11 is 0. The molecule has 8 aromatic rings. The highest BCUT2D eigenvalue weighted by Crippen LogP contribution is 2.50. The van der Waals surface area contributed by atoms with Gasteiger partial charge in [-0.3, -0.25) is 0 Å². The molecule has 218 valence electrons. The molecule has 1 aliphatic carbocycles. The maximum Gasteiger partial charge on any atom is 0.0468 e. The SMILES string of the molecule is CC1(C)c2ccccc2-c2cc(N(c3ccccc3)c3ccc(-c4cc5ccc6ccccc6c5c5ccccc45)cc3)ccc21. The lowest BCUT2D eigenvalue weighted by Crippen LogP contribution is -2.15. The molecule has 0 saturated heterocycles. The lowest BCUT2D eigenvalue weighted by Gasteiger charge is -2.27. The zero-order valence-electron chi connectivity index (χ0n) is 26.0. The summed E-state index contributed by atoms with van der Waals surface area (Å²) in [5.41, 5.74) is 11.3. The van der Waals surface area contributed by atoms with E-state index in [2.05, 4.69) is 183 Å². The maximum absolute atomic E-state index is 2.38. The van der Waals surface area contributed by atoms with Crippen LogP contribution in [0.1, 0.15) is 25.0 Å². The van der Waals surface area contributed by atoms with Gasteiger partial charge < -0.3 is 4.90 Å². The van der Waals surface area contributed by atoms with Gasteiger partial charge >= 0.3 is 0 Å². The molecule has 46 heavy (non-hydrogen) atoms. The first kappa shape index (κ1) is 26.7. The van der Waals surface area contributed by atoms with Gasteiger partial charge in [0.1, 0.15) is 0 Å². The van der Waals surface area contributed by atoms with E-state index in [1.165, 1.54) is 65.7 Å². The topological polar surface area (TPSA) is 3.24 Å². The third-order valence-electron chi connectivity index (χ3n) is 10.0. The molecule has 8 aromatic carbocycles. The van der Waals surface area contributed by atoms with Crippen LogP contribution in [-0.4, -0.2) is 0 Å². The van der Waals surface area contributed by atoms with Gasteiger partial charge in [0.25, 0.3) is 0 Å². The second kappa shape index (κ2) is 10.2. The van der Waals surface area contributed by atoms with Gasteiger partial charge in [-0.1, -0.05) is 135 Å². The van der Waals surface area contributed by atoms with Crippen molar-refractivity contribution < 1.29 is 0 Å². The average molecular weight is 588 g/mol. The smallest absolute Gasteiger partial charge is 0.0468 e. The fourth-order valence-electron chi connectivity index (χ4n) is 7.78. The van der Waals surface area contributed by atoms with Gasteiger partial charge in [0.2, 0.25) is 0 Å². The molecule has 0 radical (unpaired) electrons. The van der Waals surface area contributed by atoms with E-state index in [1.54, 1.807) is 0 Å². The summed E-state index contributed by atoms with van der Waals surface area (Å²) in [6.07, 6.45) is 0. The van der Waals surface area contributed by atoms with Crippen molar-refractivity contribution in [2.45, 2.75) is 19.3 Å². The molecule has 1 nitrogen and oxygen atoms in total. The summed E-state index contributed by atoms with van der Waals surface area (Å²) in [5.74, 6) is 0. The molecule has 0 unspecified atom stereocenters. The van der Waals surface area contributed by atoms with Crippen molar-refractivity contribution >= 4 is 49.4 Å². The number of nitrogens with zero attached hydrogens (tertiary/aromatic N) is 1. The first-order valence-electron chi connectivity index (χ1n) is 16.1. The van der Waals surface area contributed by atoms with Crippen molar-refractivity contribution in [1.82, 2.24) is 0 Å². The fraction of sp³-hybridized carbons (Fsp3) is 0.0667. The Labute approximate surface area is 270 Å². The fourth-order valence-corrected chi connectivity index (χ4v) is 7.78. The second-order valence-electron chi connectivity index (χ2n) is 13.0. The number of fused-ring (bicyclic) bond motifs is 8. The Morgan fingerprint density at radius 2 is 1.00 bits per heavy atom. The van der Waals surface area contributed by atoms with E-state index in [9.17, 15) is 0 Å². The molecule has 1 aliphatic rings. The van der Waals surface area contributed by atoms with Crippen molar-refractivity contribution in [3.63, 3.8) is 0 Å². The van der Waals surface area contributed by atoms with Gasteiger partial charge in [-0.25, -0.2) is 0 Å². The minimum atomic E-state index is -0.0153. The summed E-state index contributed by atoms with van der Waals surface area (Å²) in [6, 6.07) is 60.1. The summed E-state index contributed by atoms with van der Waals surface area (Å²) in [4.78, 5) is 2.38. The molecule has 1 heteroatoms. The molecule has 0 amide bonds. The lowest BCUT2D eigenvalue weighted by atomic mass is 9.82. The van der Waals surface area contributed by atoms with Crippen LogP contribution in [0.15, 0.2) is 164 Å². The third-order valence-corrected chi connectivity index (χ3v) is 10.0. The Balaban J connectivity index is 1.19. The molecule has 0 fully saturated rings. The zero-order valence-corrected chi connectivity index (χ0v) is 26.0. The van der Waals surface area contributed by atoms with E-state index in [-0.39, 0.29) is 5.41 Å². The Morgan fingerprint density at radius 1 is 0.391 bits per heavy atom. The zero-order chi connectivity index (χ0) is 30.8. The Hall–Kier alpha value is -5.66. The average Bonchev–Trinajstić information content (AvgIpc) is 3.34. The van der Waals surface area contributed by atoms with E-state index < -0.39 is 0 Å². The molecule has 0 spiro atoms. The van der Waals surface area contributed by atoms with E-state index >= 15 is 0 Å². The van der Waals surface area contributed by atoms with E-state index in [0.29, 0.717) is 0 Å². The van der Waals surface area contributed by atoms with Crippen molar-refractivity contribution in [2.24, 2.45) is 0 Å². The van der Waals surface area contributed by atoms with Crippen LogP contribution in [-0.2, 0) is 5.41 Å². The molecule has 0 saturated carbocycles. The number of hydrogen-bond acceptors (Lipinski definition) is 1. The minimum Gasteiger partial charge on any atom is -0.310 e. The van der Waals surface area contributed by atoms with Gasteiger partial charge in [-0.15, -0.1) is 0 Å². The van der Waals surface area contributed by atoms with Crippen LogP contribution < -0.4 is 4.90 Å². The van der Waals surface area contributed by atoms with Gasteiger partial charge in [0, 0.05) is 22.5 Å². The number of hydrogen-bond donors (Lipinski definition) is 0. The summed E-state index contributed by atoms with van der Waals surface area (Å²) < 4.78 is 0. The quantitative estimate of drug-likeness (QED) is 0.185. The van der Waals surface area contributed by atoms with Crippen LogP contribution in [0.5, 0.6) is 0 Å². The van der Waals surface area contributed by atoms with Gasteiger partial charge in [-0.05, 0) is 108 Å². The van der Waals surface area contributed by atoms with Gasteiger partial charge in [0.05, 0.1) is 0 Å². The first-order valence-corrected chi connectivity index (χ1v) is 16.1. The predicted molar refractivity (Wildman–Crippen MR) is 197 cm³/mol. The molecular weight excluding hydrogens is 555 g/mol. The highest BCUT2D eigenvalue weighted by molar-refractivity contribution is 6.23. The van der Waals surface area contributed by atoms with Crippen molar-refractivity contribution in [2.75, 3.05) is 4.90 Å². The summed E-state index contributed by atoms with van der Waals surface area (Å²) in [6.45, 7) is 4.67. The Bertz CT molecular complexity index is 2430. The van der Waals surface area contributed by atoms with Crippen molar-refractivity contribution in [3.05, 3.63) is 175 Å². The molecule has 0 heterocycles. The highest BCUT2D eigenvalue weighted by atomic mass is 15.1. The standard InChI is InChI=1S/C45H33N/c1-45(2)42-19-11-10-17-38(42)41-29-35(26-27-43(41)45)46(33-13-4-3-5-14-33)34-24-22-31(23-25-34)40-28-32-21-20-30-12-6-7-15-36(30)44(32)39-18-9-8-16-37(39)40/h3-29H,1-2H3. The largest absolute Gasteiger partial charge is 0.310 e. The summed E-state index contributed by atoms with van der Waals surface area (Å²) in [7, 11) is 0. The predicted octanol–water partition coefficient (Wildman–Crippen LogP) is 12.6. The molecule has 0 aliphatic heterocycles. The number of benzene rings is 8. The Morgan fingerprint density at radius 3 is 1.83 bits per heavy atom. The number of rotatable bonds is 4. The van der Waals surface area contributed by atoms with Crippen LogP contribution in [0, 0.1) is 0 Å². The van der Waals surface area contributed by atoms with Crippen LogP contribution in [0.2, 0.25) is 0 Å². The van der Waals surface area contributed by atoms with Crippen LogP contribution in [0.4, 0.5) is 17.1 Å². The highest BCUT2D eigenvalue weighted by Gasteiger charge is 2.35. The van der Waals surface area contributed by atoms with Crippen molar-refractivity contribution in [3.8, 4) is 22.3 Å². The van der Waals surface area contributed by atoms with E-state index in [0.717, 1.165) is 17.1 Å². The molecule has 0 aromatic heterocycles. The maximum atomic E-state index is 2.38. The lowest BCUT2D eigenvalue weighted by molar-refractivity contribution is 0.660. The van der Waals surface area contributed by atoms with Crippen LogP contribution in [0.3, 0.4) is 0 Å². The van der Waals surface area contributed by atoms with E-state index in [1.807, 2.05) is 0 Å². The number of para-hydroxylation sites is 1. The number of anilines is 3. The van der Waals surface area contributed by atoms with Crippen LogP contribution in [0.25, 0.3) is 54.6 Å². The molecule has 0 bridgehead atoms. The minimum absolute atomic E-state index is 0.0153. The van der Waals surface area contributed by atoms with Crippen LogP contribution >= 0.6 is 0 Å². The normalized spacial score (nSPS) is 13.2. The van der Waals surface area contributed by atoms with Gasteiger partial charge in [-0.2, -0.15) is 0 Å². The molecule has 9 rings (SSSR count). The van der Waals surface area contributed by atoms with Gasteiger partial charge in [0.15, 0.2) is 0 Å². The monoisotopic (exact) mass is 587 g/mol. The Kier molecular flexibility index (Phi) is 5.92. The van der Waals surface area contributed by atoms with E-state index in [4.69, 9.17) is 0 Å².